The van der Waals surface area contributed by atoms with Crippen molar-refractivity contribution in [3.8, 4) is 6.07 Å². The molecule has 2 bridgehead atoms. The normalized spacial score (nSPS) is 39.0. The molecule has 24 heavy (non-hydrogen) atoms. The predicted molar refractivity (Wildman–Crippen MR) is 86.4 cm³/mol. The molecule has 1 aliphatic heterocycles. The minimum Gasteiger partial charge on any atom is -0.393 e. The lowest BCUT2D eigenvalue weighted by atomic mass is 9.78. The highest BCUT2D eigenvalue weighted by molar-refractivity contribution is 7.94. The number of nitrogens with zero attached hydrogens (tertiary/aromatic N) is 2. The van der Waals surface area contributed by atoms with E-state index in [4.69, 9.17) is 5.26 Å². The molecule has 0 radical (unpaired) electrons. The van der Waals surface area contributed by atoms with Crippen LogP contribution in [0.3, 0.4) is 0 Å². The second-order valence-electron chi connectivity index (χ2n) is 7.31. The molecule has 5 atom stereocenters. The summed E-state index contributed by atoms with van der Waals surface area (Å²) in [6.07, 6.45) is 0.873. The van der Waals surface area contributed by atoms with Crippen LogP contribution in [-0.4, -0.2) is 30.9 Å². The van der Waals surface area contributed by atoms with E-state index in [1.807, 2.05) is 6.07 Å². The number of alkyl halides is 1. The molecule has 2 aliphatic carbocycles. The van der Waals surface area contributed by atoms with Gasteiger partial charge in [-0.2, -0.15) is 5.26 Å². The fraction of sp³-hybridized carbons (Fsp3) is 0.588. The van der Waals surface area contributed by atoms with Gasteiger partial charge in [-0.3, -0.25) is 4.31 Å². The first kappa shape index (κ1) is 15.9. The third kappa shape index (κ3) is 1.73. The average molecular weight is 350 g/mol. The lowest BCUT2D eigenvalue weighted by molar-refractivity contribution is 0.0728. The molecule has 0 aromatic heterocycles. The van der Waals surface area contributed by atoms with Crippen molar-refractivity contribution < 1.29 is 17.9 Å². The summed E-state index contributed by atoms with van der Waals surface area (Å²) >= 11 is 0. The van der Waals surface area contributed by atoms with Gasteiger partial charge >= 0.3 is 0 Å². The maximum Gasteiger partial charge on any atom is 0.241 e. The van der Waals surface area contributed by atoms with Crippen LogP contribution in [-0.2, 0) is 16.7 Å². The Kier molecular flexibility index (Phi) is 3.26. The second kappa shape index (κ2) is 4.93. The SMILES string of the molecule is C[C@@]12[C@H]3C[C@H]([C@H](O)C3)[C@@H]1CN(c1ccc(C#N)c(CF)c1)S2(=O)=O. The summed E-state index contributed by atoms with van der Waals surface area (Å²) in [7, 11) is -3.60. The Morgan fingerprint density at radius 3 is 2.88 bits per heavy atom. The predicted octanol–water partition coefficient (Wildman–Crippen LogP) is 1.95. The summed E-state index contributed by atoms with van der Waals surface area (Å²) < 4.78 is 40.1. The smallest absolute Gasteiger partial charge is 0.241 e. The van der Waals surface area contributed by atoms with Gasteiger partial charge < -0.3 is 5.11 Å². The topological polar surface area (TPSA) is 81.4 Å². The first-order valence-corrected chi connectivity index (χ1v) is 9.58. The number of aliphatic hydroxyl groups excluding tert-OH is 1. The zero-order chi connectivity index (χ0) is 17.3. The summed E-state index contributed by atoms with van der Waals surface area (Å²) in [4.78, 5) is 0. The van der Waals surface area contributed by atoms with Crippen molar-refractivity contribution in [2.24, 2.45) is 17.8 Å². The van der Waals surface area contributed by atoms with Crippen molar-refractivity contribution in [2.75, 3.05) is 10.8 Å². The van der Waals surface area contributed by atoms with Crippen LogP contribution in [0.2, 0.25) is 0 Å². The van der Waals surface area contributed by atoms with E-state index in [2.05, 4.69) is 0 Å². The zero-order valence-electron chi connectivity index (χ0n) is 13.3. The van der Waals surface area contributed by atoms with Gasteiger partial charge in [0.05, 0.1) is 28.2 Å². The first-order chi connectivity index (χ1) is 11.3. The highest BCUT2D eigenvalue weighted by Crippen LogP contribution is 2.62. The summed E-state index contributed by atoms with van der Waals surface area (Å²) in [5.41, 5.74) is 0.835. The molecule has 3 fully saturated rings. The molecule has 2 saturated carbocycles. The Hall–Kier alpha value is -1.65. The Bertz CT molecular complexity index is 850. The molecule has 1 saturated heterocycles. The van der Waals surface area contributed by atoms with Gasteiger partial charge in [-0.15, -0.1) is 0 Å². The molecule has 3 aliphatic rings. The minimum atomic E-state index is -3.60. The number of hydrogen-bond acceptors (Lipinski definition) is 4. The standard InChI is InChI=1S/C17H19FN2O3S/c1-17-12-5-14(16(21)6-12)15(17)9-20(24(17,22)23)13-3-2-10(8-19)11(4-13)7-18/h2-4,12,14-16,21H,5-7,9H2,1H3/t12-,14-,15-,16+,17+/m0/s1. The van der Waals surface area contributed by atoms with Crippen LogP contribution in [0.1, 0.15) is 30.9 Å². The number of halogens is 1. The Balaban J connectivity index is 1.78. The van der Waals surface area contributed by atoms with Gasteiger partial charge in [-0.05, 0) is 49.8 Å². The number of benzene rings is 1. The molecule has 1 N–H and O–H groups in total. The van der Waals surface area contributed by atoms with Crippen molar-refractivity contribution in [3.05, 3.63) is 29.3 Å². The number of aliphatic hydroxyl groups is 1. The molecule has 5 nitrogen and oxygen atoms in total. The molecular formula is C17H19FN2O3S. The average Bonchev–Trinajstić information content (AvgIpc) is 3.14. The number of anilines is 1. The lowest BCUT2D eigenvalue weighted by Crippen LogP contribution is -2.47. The van der Waals surface area contributed by atoms with E-state index in [-0.39, 0.29) is 28.9 Å². The first-order valence-electron chi connectivity index (χ1n) is 8.14. The van der Waals surface area contributed by atoms with Crippen LogP contribution in [0, 0.1) is 29.1 Å². The number of fused-ring (bicyclic) bond motifs is 5. The largest absolute Gasteiger partial charge is 0.393 e. The van der Waals surface area contributed by atoms with Gasteiger partial charge in [0.2, 0.25) is 10.0 Å². The van der Waals surface area contributed by atoms with Crippen molar-refractivity contribution >= 4 is 15.7 Å². The molecular weight excluding hydrogens is 331 g/mol. The quantitative estimate of drug-likeness (QED) is 0.884. The number of sulfonamides is 1. The van der Waals surface area contributed by atoms with E-state index >= 15 is 0 Å². The van der Waals surface area contributed by atoms with E-state index in [0.717, 1.165) is 6.42 Å². The van der Waals surface area contributed by atoms with Gasteiger partial charge in [0.1, 0.15) is 6.67 Å². The minimum absolute atomic E-state index is 0.0128. The number of hydrogen-bond donors (Lipinski definition) is 1. The summed E-state index contributed by atoms with van der Waals surface area (Å²) in [6.45, 7) is 1.30. The Morgan fingerprint density at radius 1 is 1.46 bits per heavy atom. The van der Waals surface area contributed by atoms with Crippen LogP contribution in [0.4, 0.5) is 10.1 Å². The van der Waals surface area contributed by atoms with Gasteiger partial charge in [0, 0.05) is 18.0 Å². The summed E-state index contributed by atoms with van der Waals surface area (Å²) in [6, 6.07) is 6.42. The molecule has 0 amide bonds. The fourth-order valence-corrected chi connectivity index (χ4v) is 7.58. The van der Waals surface area contributed by atoms with Gasteiger partial charge in [-0.1, -0.05) is 0 Å². The maximum absolute atomic E-state index is 13.2. The molecule has 1 heterocycles. The zero-order valence-corrected chi connectivity index (χ0v) is 14.1. The van der Waals surface area contributed by atoms with Crippen molar-refractivity contribution in [1.29, 1.82) is 5.26 Å². The van der Waals surface area contributed by atoms with Crippen molar-refractivity contribution in [1.82, 2.24) is 0 Å². The summed E-state index contributed by atoms with van der Waals surface area (Å²) in [5.74, 6) is -0.129. The van der Waals surface area contributed by atoms with E-state index in [1.54, 1.807) is 13.0 Å². The summed E-state index contributed by atoms with van der Waals surface area (Å²) in [5, 5.41) is 19.2. The third-order valence-corrected chi connectivity index (χ3v) is 9.18. The van der Waals surface area contributed by atoms with E-state index in [1.165, 1.54) is 16.4 Å². The van der Waals surface area contributed by atoms with E-state index in [9.17, 15) is 17.9 Å². The second-order valence-corrected chi connectivity index (χ2v) is 9.58. The number of rotatable bonds is 2. The monoisotopic (exact) mass is 350 g/mol. The van der Waals surface area contributed by atoms with Crippen LogP contribution in [0.5, 0.6) is 0 Å². The highest BCUT2D eigenvalue weighted by atomic mass is 32.2. The highest BCUT2D eigenvalue weighted by Gasteiger charge is 2.70. The molecule has 4 rings (SSSR count). The van der Waals surface area contributed by atoms with E-state index < -0.39 is 27.5 Å². The van der Waals surface area contributed by atoms with Gasteiger partial charge in [0.25, 0.3) is 0 Å². The Morgan fingerprint density at radius 2 is 2.21 bits per heavy atom. The van der Waals surface area contributed by atoms with Crippen LogP contribution >= 0.6 is 0 Å². The molecule has 0 spiro atoms. The van der Waals surface area contributed by atoms with Gasteiger partial charge in [-0.25, -0.2) is 12.8 Å². The third-order valence-electron chi connectivity index (χ3n) is 6.49. The molecule has 1 aromatic carbocycles. The molecule has 128 valence electrons. The fourth-order valence-electron chi connectivity index (χ4n) is 5.11. The molecule has 7 heteroatoms. The lowest BCUT2D eigenvalue weighted by Gasteiger charge is -2.35. The van der Waals surface area contributed by atoms with Crippen LogP contribution < -0.4 is 4.31 Å². The number of nitriles is 1. The van der Waals surface area contributed by atoms with Crippen LogP contribution in [0.15, 0.2) is 18.2 Å². The molecule has 1 aromatic rings. The van der Waals surface area contributed by atoms with Crippen molar-refractivity contribution in [3.63, 3.8) is 0 Å². The van der Waals surface area contributed by atoms with Crippen molar-refractivity contribution in [2.45, 2.75) is 37.3 Å². The maximum atomic E-state index is 13.2. The van der Waals surface area contributed by atoms with Crippen LogP contribution in [0.25, 0.3) is 0 Å². The van der Waals surface area contributed by atoms with E-state index in [0.29, 0.717) is 18.7 Å². The molecule has 0 unspecified atom stereocenters. The van der Waals surface area contributed by atoms with Gasteiger partial charge in [0.15, 0.2) is 0 Å². The Labute approximate surface area is 140 Å².